The van der Waals surface area contributed by atoms with Crippen LogP contribution < -0.4 is 10.2 Å². The van der Waals surface area contributed by atoms with Gasteiger partial charge in [-0.3, -0.25) is 4.90 Å². The van der Waals surface area contributed by atoms with Crippen molar-refractivity contribution >= 4 is 22.9 Å². The average molecular weight is 502 g/mol. The normalized spacial score (nSPS) is 24.6. The summed E-state index contributed by atoms with van der Waals surface area (Å²) in [6, 6.07) is 11.3. The number of nitrogens with zero attached hydrogens (tertiary/aromatic N) is 6. The molecular weight excluding hydrogens is 470 g/mol. The molecule has 6 rings (SSSR count). The van der Waals surface area contributed by atoms with Crippen molar-refractivity contribution in [3.05, 3.63) is 54.3 Å². The summed E-state index contributed by atoms with van der Waals surface area (Å²) in [7, 11) is 0. The summed E-state index contributed by atoms with van der Waals surface area (Å²) < 4.78 is 16.7. The molecule has 1 aromatic carbocycles. The number of piperazine rings is 1. The lowest BCUT2D eigenvalue weighted by Crippen LogP contribution is -2.56. The molecule has 1 aliphatic carbocycles. The highest BCUT2D eigenvalue weighted by molar-refractivity contribution is 5.66. The Hall–Kier alpha value is -3.52. The van der Waals surface area contributed by atoms with E-state index >= 15 is 0 Å². The van der Waals surface area contributed by atoms with Crippen molar-refractivity contribution in [2.24, 2.45) is 5.92 Å². The Morgan fingerprint density at radius 2 is 1.84 bits per heavy atom. The number of rotatable bonds is 7. The number of hydrogen-bond acceptors (Lipinski definition) is 10. The maximum atomic E-state index is 9.71. The summed E-state index contributed by atoms with van der Waals surface area (Å²) >= 11 is 0. The minimum Gasteiger partial charge on any atom is -0.491 e. The lowest BCUT2D eigenvalue weighted by atomic mass is 9.93. The number of anilines is 3. The molecule has 0 spiro atoms. The Morgan fingerprint density at radius 3 is 2.54 bits per heavy atom. The maximum Gasteiger partial charge on any atom is 0.230 e. The molecule has 2 unspecified atom stereocenters. The van der Waals surface area contributed by atoms with Crippen LogP contribution in [0.4, 0.5) is 17.3 Å². The van der Waals surface area contributed by atoms with E-state index in [4.69, 9.17) is 14.2 Å². The molecule has 4 heterocycles. The molecular formula is C27H31N7O3. The van der Waals surface area contributed by atoms with Gasteiger partial charge in [0.15, 0.2) is 5.82 Å². The third-order valence-corrected chi connectivity index (χ3v) is 7.36. The average Bonchev–Trinajstić information content (AvgIpc) is 3.42. The summed E-state index contributed by atoms with van der Waals surface area (Å²) in [5.41, 5.74) is 3.01. The lowest BCUT2D eigenvalue weighted by Gasteiger charge is -2.43. The van der Waals surface area contributed by atoms with E-state index in [0.717, 1.165) is 57.1 Å². The van der Waals surface area contributed by atoms with Gasteiger partial charge in [0, 0.05) is 44.0 Å². The molecule has 1 aromatic heterocycles. The van der Waals surface area contributed by atoms with Gasteiger partial charge in [0.25, 0.3) is 0 Å². The van der Waals surface area contributed by atoms with E-state index in [0.29, 0.717) is 43.2 Å². The Bertz CT molecular complexity index is 1190. The zero-order valence-corrected chi connectivity index (χ0v) is 20.8. The Labute approximate surface area is 216 Å². The van der Waals surface area contributed by atoms with Crippen LogP contribution in [0, 0.1) is 17.2 Å². The molecule has 3 fully saturated rings. The highest BCUT2D eigenvalue weighted by Crippen LogP contribution is 2.32. The molecule has 0 radical (unpaired) electrons. The van der Waals surface area contributed by atoms with Crippen LogP contribution in [0.15, 0.2) is 48.5 Å². The van der Waals surface area contributed by atoms with E-state index in [-0.39, 0.29) is 12.0 Å². The van der Waals surface area contributed by atoms with Crippen molar-refractivity contribution in [1.82, 2.24) is 19.9 Å². The van der Waals surface area contributed by atoms with Crippen molar-refractivity contribution in [1.29, 1.82) is 5.26 Å². The van der Waals surface area contributed by atoms with Crippen LogP contribution in [0.25, 0.3) is 5.57 Å². The van der Waals surface area contributed by atoms with E-state index < -0.39 is 0 Å². The van der Waals surface area contributed by atoms with E-state index in [1.807, 2.05) is 12.2 Å². The molecule has 2 aromatic rings. The van der Waals surface area contributed by atoms with Gasteiger partial charge in [-0.2, -0.15) is 10.2 Å². The van der Waals surface area contributed by atoms with E-state index in [9.17, 15) is 5.26 Å². The molecule has 10 heteroatoms. The fraction of sp³-hybridized carbons (Fsp3) is 0.481. The molecule has 4 aliphatic rings. The molecule has 10 nitrogen and oxygen atoms in total. The number of ether oxygens (including phenoxy) is 3. The fourth-order valence-electron chi connectivity index (χ4n) is 5.06. The summed E-state index contributed by atoms with van der Waals surface area (Å²) in [4.78, 5) is 18.2. The lowest BCUT2D eigenvalue weighted by molar-refractivity contribution is -0.0660. The largest absolute Gasteiger partial charge is 0.491 e. The van der Waals surface area contributed by atoms with Gasteiger partial charge in [0.1, 0.15) is 24.1 Å². The second kappa shape index (κ2) is 10.8. The van der Waals surface area contributed by atoms with Gasteiger partial charge in [0.2, 0.25) is 5.95 Å². The van der Waals surface area contributed by atoms with E-state index in [1.54, 1.807) is 0 Å². The first-order chi connectivity index (χ1) is 18.2. The molecule has 192 valence electrons. The number of hydrogen-bond donors (Lipinski definition) is 1. The Balaban J connectivity index is 1.08. The van der Waals surface area contributed by atoms with Crippen LogP contribution in [0.3, 0.4) is 0 Å². The van der Waals surface area contributed by atoms with Crippen LogP contribution in [0.5, 0.6) is 0 Å². The Morgan fingerprint density at radius 1 is 1.00 bits per heavy atom. The van der Waals surface area contributed by atoms with Crippen LogP contribution in [-0.2, 0) is 14.2 Å². The van der Waals surface area contributed by atoms with Crippen LogP contribution >= 0.6 is 0 Å². The van der Waals surface area contributed by atoms with Gasteiger partial charge < -0.3 is 24.4 Å². The van der Waals surface area contributed by atoms with Crippen LogP contribution in [-0.4, -0.2) is 84.6 Å². The van der Waals surface area contributed by atoms with E-state index in [1.165, 1.54) is 12.0 Å². The first kappa shape index (κ1) is 23.9. The SMILES string of the molecule is N#CC1CC(c2ncnc(Nc3ccc(N4CCN(C5COC5)CC4)cc3)n2)=CC=C1OC1CCOC1. The predicted octanol–water partition coefficient (Wildman–Crippen LogP) is 2.75. The quantitative estimate of drug-likeness (QED) is 0.608. The van der Waals surface area contributed by atoms with Gasteiger partial charge >= 0.3 is 0 Å². The van der Waals surface area contributed by atoms with Crippen molar-refractivity contribution in [2.45, 2.75) is 25.0 Å². The molecule has 3 saturated heterocycles. The van der Waals surface area contributed by atoms with Gasteiger partial charge in [-0.15, -0.1) is 0 Å². The third kappa shape index (κ3) is 5.44. The highest BCUT2D eigenvalue weighted by Gasteiger charge is 2.29. The van der Waals surface area contributed by atoms with Crippen molar-refractivity contribution < 1.29 is 14.2 Å². The van der Waals surface area contributed by atoms with Gasteiger partial charge in [-0.05, 0) is 42.3 Å². The smallest absolute Gasteiger partial charge is 0.230 e. The number of aromatic nitrogens is 3. The Kier molecular flexibility index (Phi) is 6.99. The van der Waals surface area contributed by atoms with Crippen molar-refractivity contribution in [2.75, 3.05) is 62.8 Å². The van der Waals surface area contributed by atoms with Gasteiger partial charge in [0.05, 0.1) is 38.5 Å². The fourth-order valence-corrected chi connectivity index (χ4v) is 5.06. The number of benzene rings is 1. The number of nitrogens with one attached hydrogen (secondary N) is 1. The van der Waals surface area contributed by atoms with Crippen LogP contribution in [0.2, 0.25) is 0 Å². The first-order valence-electron chi connectivity index (χ1n) is 12.9. The zero-order valence-electron chi connectivity index (χ0n) is 20.8. The molecule has 2 atom stereocenters. The summed E-state index contributed by atoms with van der Waals surface area (Å²) in [6.45, 7) is 7.21. The molecule has 0 amide bonds. The minimum atomic E-state index is -0.370. The second-order valence-corrected chi connectivity index (χ2v) is 9.77. The van der Waals surface area contributed by atoms with Gasteiger partial charge in [-0.25, -0.2) is 9.97 Å². The third-order valence-electron chi connectivity index (χ3n) is 7.36. The minimum absolute atomic E-state index is 0.0171. The first-order valence-corrected chi connectivity index (χ1v) is 12.9. The monoisotopic (exact) mass is 501 g/mol. The summed E-state index contributed by atoms with van der Waals surface area (Å²) in [5.74, 6) is 1.35. The standard InChI is InChI=1S/C27H31N7O3/c28-14-20-13-19(1-6-25(20)37-24-7-12-35-17-24)26-29-18-30-27(32-26)31-21-2-4-22(5-3-21)33-8-10-34(11-9-33)23-15-36-16-23/h1-6,18,20,23-24H,7-13,15-17H2,(H,29,30,31,32). The zero-order chi connectivity index (χ0) is 25.0. The summed E-state index contributed by atoms with van der Waals surface area (Å²) in [6.07, 6.45) is 6.66. The predicted molar refractivity (Wildman–Crippen MR) is 138 cm³/mol. The van der Waals surface area contributed by atoms with Crippen molar-refractivity contribution in [3.8, 4) is 6.07 Å². The van der Waals surface area contributed by atoms with E-state index in [2.05, 4.69) is 60.4 Å². The molecule has 3 aliphatic heterocycles. The molecule has 37 heavy (non-hydrogen) atoms. The molecule has 0 saturated carbocycles. The maximum absolute atomic E-state index is 9.71. The second-order valence-electron chi connectivity index (χ2n) is 9.77. The highest BCUT2D eigenvalue weighted by atomic mass is 16.5. The number of nitriles is 1. The van der Waals surface area contributed by atoms with Gasteiger partial charge in [-0.1, -0.05) is 6.08 Å². The molecule has 1 N–H and O–H groups in total. The summed E-state index contributed by atoms with van der Waals surface area (Å²) in [5, 5.41) is 13.0. The topological polar surface area (TPSA) is 109 Å². The molecule has 0 bridgehead atoms. The van der Waals surface area contributed by atoms with Crippen LogP contribution in [0.1, 0.15) is 18.7 Å². The number of allylic oxidation sites excluding steroid dienone is 4. The van der Waals surface area contributed by atoms with Crippen molar-refractivity contribution in [3.63, 3.8) is 0 Å².